The monoisotopic (exact) mass is 185 g/mol. The van der Waals surface area contributed by atoms with Crippen LogP contribution in [0.4, 0.5) is 0 Å². The Morgan fingerprint density at radius 1 is 1.46 bits per heavy atom. The molecule has 1 heterocycles. The van der Waals surface area contributed by atoms with Crippen molar-refractivity contribution in [1.29, 1.82) is 0 Å². The van der Waals surface area contributed by atoms with Crippen molar-refractivity contribution < 1.29 is 9.47 Å². The molecule has 77 valence electrons. The van der Waals surface area contributed by atoms with Gasteiger partial charge in [-0.3, -0.25) is 0 Å². The van der Waals surface area contributed by atoms with E-state index in [4.69, 9.17) is 9.47 Å². The van der Waals surface area contributed by atoms with Gasteiger partial charge in [0.1, 0.15) is 0 Å². The first kappa shape index (κ1) is 11.0. The molecule has 1 aliphatic heterocycles. The Kier molecular flexibility index (Phi) is 5.40. The molecule has 0 spiro atoms. The summed E-state index contributed by atoms with van der Waals surface area (Å²) in [5, 5.41) is 0. The van der Waals surface area contributed by atoms with Gasteiger partial charge in [-0.1, -0.05) is 26.7 Å². The molecule has 0 amide bonds. The molecule has 13 heavy (non-hydrogen) atoms. The van der Waals surface area contributed by atoms with Crippen molar-refractivity contribution in [2.45, 2.75) is 38.7 Å². The van der Waals surface area contributed by atoms with Crippen LogP contribution in [0.15, 0.2) is 0 Å². The lowest BCUT2D eigenvalue weighted by molar-refractivity contribution is -0.112. The molecule has 1 aliphatic rings. The van der Waals surface area contributed by atoms with E-state index >= 15 is 0 Å². The van der Waals surface area contributed by atoms with E-state index in [2.05, 4.69) is 13.8 Å². The molecular formula is C11H21O2. The van der Waals surface area contributed by atoms with E-state index in [0.29, 0.717) is 12.0 Å². The Morgan fingerprint density at radius 3 is 2.85 bits per heavy atom. The average Bonchev–Trinajstić information content (AvgIpc) is 2.21. The lowest BCUT2D eigenvalue weighted by atomic mass is 9.93. The Balaban J connectivity index is 2.26. The second kappa shape index (κ2) is 6.39. The van der Waals surface area contributed by atoms with Crippen LogP contribution in [0.5, 0.6) is 0 Å². The van der Waals surface area contributed by atoms with Gasteiger partial charge >= 0.3 is 0 Å². The van der Waals surface area contributed by atoms with Gasteiger partial charge in [0.05, 0.1) is 25.9 Å². The summed E-state index contributed by atoms with van der Waals surface area (Å²) >= 11 is 0. The number of hydrogen-bond acceptors (Lipinski definition) is 2. The summed E-state index contributed by atoms with van der Waals surface area (Å²) in [6.07, 6.45) is 5.03. The predicted molar refractivity (Wildman–Crippen MR) is 53.5 cm³/mol. The second-order valence-electron chi connectivity index (χ2n) is 3.68. The van der Waals surface area contributed by atoms with Crippen LogP contribution in [0.1, 0.15) is 32.6 Å². The SMILES string of the molecule is [CH2]CC(CCCC)C1COCCO1. The molecular weight excluding hydrogens is 164 g/mol. The van der Waals surface area contributed by atoms with E-state index in [1.807, 2.05) is 0 Å². The minimum atomic E-state index is 0.304. The van der Waals surface area contributed by atoms with E-state index in [9.17, 15) is 0 Å². The summed E-state index contributed by atoms with van der Waals surface area (Å²) in [7, 11) is 0. The summed E-state index contributed by atoms with van der Waals surface area (Å²) < 4.78 is 11.1. The van der Waals surface area contributed by atoms with Crippen LogP contribution in [-0.4, -0.2) is 25.9 Å². The lowest BCUT2D eigenvalue weighted by Crippen LogP contribution is -2.34. The molecule has 0 aromatic rings. The van der Waals surface area contributed by atoms with Crippen LogP contribution in [0.25, 0.3) is 0 Å². The molecule has 2 nitrogen and oxygen atoms in total. The van der Waals surface area contributed by atoms with Gasteiger partial charge in [-0.15, -0.1) is 0 Å². The highest BCUT2D eigenvalue weighted by Gasteiger charge is 2.22. The van der Waals surface area contributed by atoms with Crippen molar-refractivity contribution in [3.05, 3.63) is 6.92 Å². The van der Waals surface area contributed by atoms with Crippen molar-refractivity contribution in [2.75, 3.05) is 19.8 Å². The van der Waals surface area contributed by atoms with Gasteiger partial charge < -0.3 is 9.47 Å². The highest BCUT2D eigenvalue weighted by atomic mass is 16.6. The number of rotatable bonds is 5. The Morgan fingerprint density at radius 2 is 2.31 bits per heavy atom. The fourth-order valence-corrected chi connectivity index (χ4v) is 1.76. The first-order valence-corrected chi connectivity index (χ1v) is 5.37. The van der Waals surface area contributed by atoms with Crippen molar-refractivity contribution in [1.82, 2.24) is 0 Å². The number of ether oxygens (including phenoxy) is 2. The molecule has 1 saturated heterocycles. The normalized spacial score (nSPS) is 25.8. The first-order valence-electron chi connectivity index (χ1n) is 5.37. The number of unbranched alkanes of at least 4 members (excludes halogenated alkanes) is 1. The summed E-state index contributed by atoms with van der Waals surface area (Å²) in [4.78, 5) is 0. The quantitative estimate of drug-likeness (QED) is 0.655. The van der Waals surface area contributed by atoms with Gasteiger partial charge in [0.15, 0.2) is 0 Å². The van der Waals surface area contributed by atoms with Gasteiger partial charge in [0, 0.05) is 0 Å². The number of hydrogen-bond donors (Lipinski definition) is 0. The highest BCUT2D eigenvalue weighted by molar-refractivity contribution is 4.73. The second-order valence-corrected chi connectivity index (χ2v) is 3.68. The molecule has 0 aromatic heterocycles. The van der Waals surface area contributed by atoms with Crippen molar-refractivity contribution >= 4 is 0 Å². The molecule has 1 rings (SSSR count). The van der Waals surface area contributed by atoms with Crippen LogP contribution < -0.4 is 0 Å². The maximum atomic E-state index is 5.66. The predicted octanol–water partition coefficient (Wildman–Crippen LogP) is 2.43. The van der Waals surface area contributed by atoms with E-state index in [-0.39, 0.29) is 0 Å². The van der Waals surface area contributed by atoms with Crippen LogP contribution in [-0.2, 0) is 9.47 Å². The third-order valence-electron chi connectivity index (χ3n) is 2.67. The minimum absolute atomic E-state index is 0.304. The average molecular weight is 185 g/mol. The molecule has 0 aliphatic carbocycles. The molecule has 2 unspecified atom stereocenters. The zero-order valence-corrected chi connectivity index (χ0v) is 8.63. The van der Waals surface area contributed by atoms with Crippen molar-refractivity contribution in [3.63, 3.8) is 0 Å². The zero-order valence-electron chi connectivity index (χ0n) is 8.63. The van der Waals surface area contributed by atoms with E-state index in [1.165, 1.54) is 19.3 Å². The van der Waals surface area contributed by atoms with Crippen LogP contribution in [0.2, 0.25) is 0 Å². The maximum Gasteiger partial charge on any atom is 0.0837 e. The van der Waals surface area contributed by atoms with Gasteiger partial charge in [-0.2, -0.15) is 0 Å². The molecule has 2 atom stereocenters. The first-order chi connectivity index (χ1) is 6.38. The minimum Gasteiger partial charge on any atom is -0.376 e. The molecule has 0 N–H and O–H groups in total. The van der Waals surface area contributed by atoms with E-state index in [1.54, 1.807) is 0 Å². The topological polar surface area (TPSA) is 18.5 Å². The van der Waals surface area contributed by atoms with Gasteiger partial charge in [-0.05, 0) is 18.8 Å². The fourth-order valence-electron chi connectivity index (χ4n) is 1.76. The standard InChI is InChI=1S/C11H21O2/c1-3-5-6-10(4-2)11-9-12-7-8-13-11/h10-11H,2-9H2,1H3. The highest BCUT2D eigenvalue weighted by Crippen LogP contribution is 2.21. The Bertz CT molecular complexity index is 119. The molecule has 1 fully saturated rings. The summed E-state index contributed by atoms with van der Waals surface area (Å²) in [6, 6.07) is 0. The van der Waals surface area contributed by atoms with Gasteiger partial charge in [0.2, 0.25) is 0 Å². The summed E-state index contributed by atoms with van der Waals surface area (Å²) in [6.45, 7) is 8.48. The largest absolute Gasteiger partial charge is 0.376 e. The maximum absolute atomic E-state index is 5.66. The smallest absolute Gasteiger partial charge is 0.0837 e. The van der Waals surface area contributed by atoms with Crippen molar-refractivity contribution in [2.24, 2.45) is 5.92 Å². The van der Waals surface area contributed by atoms with Crippen LogP contribution >= 0.6 is 0 Å². The third kappa shape index (κ3) is 3.65. The summed E-state index contributed by atoms with van der Waals surface area (Å²) in [5.41, 5.74) is 0. The van der Waals surface area contributed by atoms with E-state index in [0.717, 1.165) is 26.2 Å². The summed E-state index contributed by atoms with van der Waals surface area (Å²) in [5.74, 6) is 0.597. The Labute approximate surface area is 81.6 Å². The van der Waals surface area contributed by atoms with Gasteiger partial charge in [-0.25, -0.2) is 0 Å². The molecule has 0 bridgehead atoms. The Hall–Kier alpha value is -0.0800. The third-order valence-corrected chi connectivity index (χ3v) is 2.67. The molecule has 1 radical (unpaired) electrons. The van der Waals surface area contributed by atoms with Crippen LogP contribution in [0.3, 0.4) is 0 Å². The fraction of sp³-hybridized carbons (Fsp3) is 0.909. The molecule has 0 aromatic carbocycles. The van der Waals surface area contributed by atoms with Crippen molar-refractivity contribution in [3.8, 4) is 0 Å². The lowest BCUT2D eigenvalue weighted by Gasteiger charge is -2.29. The molecule has 2 heteroatoms. The molecule has 0 saturated carbocycles. The van der Waals surface area contributed by atoms with Gasteiger partial charge in [0.25, 0.3) is 0 Å². The zero-order chi connectivity index (χ0) is 9.52. The van der Waals surface area contributed by atoms with Crippen LogP contribution in [0, 0.1) is 12.8 Å². The van der Waals surface area contributed by atoms with E-state index < -0.39 is 0 Å².